The van der Waals surface area contributed by atoms with Crippen LogP contribution in [0.4, 0.5) is 0 Å². The van der Waals surface area contributed by atoms with E-state index < -0.39 is 5.54 Å². The smallest absolute Gasteiger partial charge is 0.275 e. The Morgan fingerprint density at radius 3 is 2.87 bits per heavy atom. The van der Waals surface area contributed by atoms with Crippen molar-refractivity contribution in [1.29, 1.82) is 0 Å². The predicted molar refractivity (Wildman–Crippen MR) is 118 cm³/mol. The number of morpholine rings is 1. The zero-order valence-electron chi connectivity index (χ0n) is 18.1. The minimum atomic E-state index is -0.397. The van der Waals surface area contributed by atoms with Gasteiger partial charge in [-0.15, -0.1) is 0 Å². The second kappa shape index (κ2) is 7.39. The molecular formula is C23H25N3O4S. The topological polar surface area (TPSA) is 65.8 Å². The van der Waals surface area contributed by atoms with Gasteiger partial charge < -0.3 is 19.1 Å². The van der Waals surface area contributed by atoms with Gasteiger partial charge >= 0.3 is 0 Å². The van der Waals surface area contributed by atoms with Crippen molar-refractivity contribution in [3.05, 3.63) is 45.8 Å². The highest BCUT2D eigenvalue weighted by Crippen LogP contribution is 2.43. The maximum atomic E-state index is 13.7. The summed E-state index contributed by atoms with van der Waals surface area (Å²) < 4.78 is 19.0. The highest BCUT2D eigenvalue weighted by molar-refractivity contribution is 7.08. The fraction of sp³-hybridized carbons (Fsp3) is 0.391. The Hall–Kier alpha value is -2.84. The third-order valence-electron chi connectivity index (χ3n) is 5.95. The molecule has 2 aliphatic heterocycles. The molecule has 0 aliphatic carbocycles. The number of amides is 1. The van der Waals surface area contributed by atoms with E-state index in [2.05, 4.69) is 0 Å². The van der Waals surface area contributed by atoms with Crippen molar-refractivity contribution in [1.82, 2.24) is 14.7 Å². The number of carbonyl (C=O) groups excluding carboxylic acids is 1. The average molecular weight is 440 g/mol. The number of benzene rings is 1. The molecule has 2 aromatic heterocycles. The molecule has 0 saturated carbocycles. The standard InChI is InChI=1S/C23H25N3O4S/c1-14-9-16-19(10-18(14)28-4)30-11-17-20(22(27)25-6-7-29-13-23(25,2)3)24-26(21(16)17)15-5-8-31-12-15/h5,8-10,12H,6-7,11,13H2,1-4H3. The molecule has 8 heteroatoms. The van der Waals surface area contributed by atoms with E-state index in [1.807, 2.05) is 59.3 Å². The lowest BCUT2D eigenvalue weighted by Crippen LogP contribution is -2.55. The van der Waals surface area contributed by atoms with Gasteiger partial charge in [-0.3, -0.25) is 4.79 Å². The number of methoxy groups -OCH3 is 1. The van der Waals surface area contributed by atoms with E-state index in [4.69, 9.17) is 19.3 Å². The summed E-state index contributed by atoms with van der Waals surface area (Å²) in [6, 6.07) is 5.96. The van der Waals surface area contributed by atoms with E-state index >= 15 is 0 Å². The number of rotatable bonds is 3. The summed E-state index contributed by atoms with van der Waals surface area (Å²) in [5.74, 6) is 1.42. The Morgan fingerprint density at radius 2 is 2.16 bits per heavy atom. The number of aromatic nitrogens is 2. The third kappa shape index (κ3) is 3.21. The fourth-order valence-electron chi connectivity index (χ4n) is 4.31. The molecule has 7 nitrogen and oxygen atoms in total. The van der Waals surface area contributed by atoms with Crippen LogP contribution in [0.25, 0.3) is 16.9 Å². The van der Waals surface area contributed by atoms with Crippen molar-refractivity contribution in [3.8, 4) is 28.4 Å². The summed E-state index contributed by atoms with van der Waals surface area (Å²) in [7, 11) is 1.65. The van der Waals surface area contributed by atoms with Crippen LogP contribution >= 0.6 is 11.3 Å². The van der Waals surface area contributed by atoms with Gasteiger partial charge in [-0.1, -0.05) is 0 Å². The Morgan fingerprint density at radius 1 is 1.32 bits per heavy atom. The van der Waals surface area contributed by atoms with Gasteiger partial charge in [-0.05, 0) is 43.8 Å². The molecule has 2 aliphatic rings. The number of fused-ring (bicyclic) bond motifs is 3. The summed E-state index contributed by atoms with van der Waals surface area (Å²) in [6.07, 6.45) is 0. The molecule has 0 spiro atoms. The van der Waals surface area contributed by atoms with Crippen LogP contribution < -0.4 is 9.47 Å². The molecule has 31 heavy (non-hydrogen) atoms. The number of thiophene rings is 1. The largest absolute Gasteiger partial charge is 0.496 e. The van der Waals surface area contributed by atoms with Crippen molar-refractivity contribution < 1.29 is 19.0 Å². The highest BCUT2D eigenvalue weighted by Gasteiger charge is 2.39. The van der Waals surface area contributed by atoms with Crippen molar-refractivity contribution in [2.24, 2.45) is 0 Å². The first-order valence-corrected chi connectivity index (χ1v) is 11.2. The van der Waals surface area contributed by atoms with Gasteiger partial charge in [-0.2, -0.15) is 16.4 Å². The monoisotopic (exact) mass is 439 g/mol. The molecule has 4 heterocycles. The summed E-state index contributed by atoms with van der Waals surface area (Å²) in [5, 5.41) is 8.87. The van der Waals surface area contributed by atoms with Gasteiger partial charge in [0.25, 0.3) is 5.91 Å². The Bertz CT molecular complexity index is 1150. The summed E-state index contributed by atoms with van der Waals surface area (Å²) in [5.41, 5.74) is 4.61. The van der Waals surface area contributed by atoms with Crippen molar-refractivity contribution in [2.75, 3.05) is 26.9 Å². The first-order chi connectivity index (χ1) is 14.9. The van der Waals surface area contributed by atoms with E-state index in [0.717, 1.165) is 39.6 Å². The van der Waals surface area contributed by atoms with Gasteiger partial charge in [0.1, 0.15) is 18.1 Å². The second-order valence-corrected chi connectivity index (χ2v) is 9.28. The first kappa shape index (κ1) is 20.1. The van der Waals surface area contributed by atoms with Crippen LogP contribution in [0.3, 0.4) is 0 Å². The average Bonchev–Trinajstić information content (AvgIpc) is 3.40. The number of hydrogen-bond acceptors (Lipinski definition) is 6. The van der Waals surface area contributed by atoms with Gasteiger partial charge in [0.15, 0.2) is 5.69 Å². The molecule has 1 amide bonds. The van der Waals surface area contributed by atoms with Gasteiger partial charge in [0.05, 0.1) is 37.2 Å². The van der Waals surface area contributed by atoms with Gasteiger partial charge in [0, 0.05) is 29.1 Å². The van der Waals surface area contributed by atoms with E-state index in [0.29, 0.717) is 25.5 Å². The van der Waals surface area contributed by atoms with Crippen LogP contribution in [0.2, 0.25) is 0 Å². The minimum absolute atomic E-state index is 0.0872. The molecule has 0 bridgehead atoms. The Labute approximate surface area is 185 Å². The fourth-order valence-corrected chi connectivity index (χ4v) is 4.92. The maximum absolute atomic E-state index is 13.7. The molecular weight excluding hydrogens is 414 g/mol. The van der Waals surface area contributed by atoms with E-state index in [-0.39, 0.29) is 12.5 Å². The Balaban J connectivity index is 1.69. The van der Waals surface area contributed by atoms with Gasteiger partial charge in [-0.25, -0.2) is 4.68 Å². The SMILES string of the molecule is COc1cc2c(cc1C)-c1c(c(C(=O)N3CCOCC3(C)C)nn1-c1ccsc1)CO2. The lowest BCUT2D eigenvalue weighted by molar-refractivity contribution is -0.0374. The predicted octanol–water partition coefficient (Wildman–Crippen LogP) is 4.06. The van der Waals surface area contributed by atoms with Crippen molar-refractivity contribution in [3.63, 3.8) is 0 Å². The lowest BCUT2D eigenvalue weighted by Gasteiger charge is -2.41. The molecule has 1 saturated heterocycles. The number of carbonyl (C=O) groups is 1. The van der Waals surface area contributed by atoms with Crippen LogP contribution in [-0.2, 0) is 11.3 Å². The highest BCUT2D eigenvalue weighted by atomic mass is 32.1. The molecule has 1 aromatic carbocycles. The summed E-state index contributed by atoms with van der Waals surface area (Å²) >= 11 is 1.60. The van der Waals surface area contributed by atoms with Crippen LogP contribution in [0.15, 0.2) is 29.0 Å². The van der Waals surface area contributed by atoms with E-state index in [9.17, 15) is 4.79 Å². The number of hydrogen-bond donors (Lipinski definition) is 0. The van der Waals surface area contributed by atoms with E-state index in [1.165, 1.54) is 0 Å². The summed E-state index contributed by atoms with van der Waals surface area (Å²) in [6.45, 7) is 7.90. The minimum Gasteiger partial charge on any atom is -0.496 e. The van der Waals surface area contributed by atoms with Gasteiger partial charge in [0.2, 0.25) is 0 Å². The second-order valence-electron chi connectivity index (χ2n) is 8.50. The van der Waals surface area contributed by atoms with Crippen LogP contribution in [0.5, 0.6) is 11.5 Å². The number of nitrogens with zero attached hydrogens (tertiary/aromatic N) is 3. The van der Waals surface area contributed by atoms with Crippen LogP contribution in [0, 0.1) is 6.92 Å². The molecule has 5 rings (SSSR count). The summed E-state index contributed by atoms with van der Waals surface area (Å²) in [4.78, 5) is 15.5. The molecule has 162 valence electrons. The zero-order valence-corrected chi connectivity index (χ0v) is 18.9. The normalized spacial score (nSPS) is 17.0. The molecule has 0 unspecified atom stereocenters. The zero-order chi connectivity index (χ0) is 21.8. The third-order valence-corrected chi connectivity index (χ3v) is 6.62. The quantitative estimate of drug-likeness (QED) is 0.616. The molecule has 0 atom stereocenters. The van der Waals surface area contributed by atoms with Crippen LogP contribution in [0.1, 0.15) is 35.5 Å². The van der Waals surface area contributed by atoms with E-state index in [1.54, 1.807) is 18.4 Å². The lowest BCUT2D eigenvalue weighted by atomic mass is 9.98. The van der Waals surface area contributed by atoms with Crippen LogP contribution in [-0.4, -0.2) is 53.0 Å². The molecule has 3 aromatic rings. The number of ether oxygens (including phenoxy) is 3. The molecule has 0 radical (unpaired) electrons. The van der Waals surface area contributed by atoms with Crippen molar-refractivity contribution in [2.45, 2.75) is 32.9 Å². The first-order valence-electron chi connectivity index (χ1n) is 10.3. The Kier molecular flexibility index (Phi) is 4.79. The maximum Gasteiger partial charge on any atom is 0.275 e. The molecule has 0 N–H and O–H groups in total. The number of aryl methyl sites for hydroxylation is 1. The van der Waals surface area contributed by atoms with Crippen molar-refractivity contribution >= 4 is 17.2 Å². The molecule has 1 fully saturated rings.